The molecule has 0 amide bonds. The molecule has 0 aromatic heterocycles. The summed E-state index contributed by atoms with van der Waals surface area (Å²) < 4.78 is 10.6. The molecule has 0 aliphatic carbocycles. The molecule has 4 nitrogen and oxygen atoms in total. The van der Waals surface area contributed by atoms with Crippen LogP contribution < -0.4 is 10.1 Å². The highest BCUT2D eigenvalue weighted by molar-refractivity contribution is 5.29. The maximum absolute atomic E-state index is 5.42. The zero-order chi connectivity index (χ0) is 13.7. The monoisotopic (exact) mass is 264 g/mol. The standard InChI is InChI=1S/C15H24N2O2/c1-12(17-8-10-19-11-9-17)15(16-2)13-4-6-14(18-3)7-5-13/h4-7,12,15-16H,8-11H2,1-3H3. The molecule has 0 saturated carbocycles. The molecule has 1 aliphatic heterocycles. The first kappa shape index (κ1) is 14.3. The Morgan fingerprint density at radius 3 is 2.37 bits per heavy atom. The second-order valence-electron chi connectivity index (χ2n) is 4.93. The Morgan fingerprint density at radius 1 is 1.21 bits per heavy atom. The number of benzene rings is 1. The Hall–Kier alpha value is -1.10. The lowest BCUT2D eigenvalue weighted by Gasteiger charge is -2.37. The van der Waals surface area contributed by atoms with Crippen molar-refractivity contribution in [2.24, 2.45) is 0 Å². The molecule has 1 aromatic rings. The van der Waals surface area contributed by atoms with Gasteiger partial charge in [0, 0.05) is 25.2 Å². The number of nitrogens with one attached hydrogen (secondary N) is 1. The molecule has 106 valence electrons. The van der Waals surface area contributed by atoms with E-state index in [1.807, 2.05) is 19.2 Å². The third kappa shape index (κ3) is 3.47. The molecule has 4 heteroatoms. The highest BCUT2D eigenvalue weighted by Gasteiger charge is 2.25. The summed E-state index contributed by atoms with van der Waals surface area (Å²) in [7, 11) is 3.72. The van der Waals surface area contributed by atoms with Crippen molar-refractivity contribution in [2.45, 2.75) is 19.0 Å². The molecule has 1 fully saturated rings. The van der Waals surface area contributed by atoms with Gasteiger partial charge in [0.25, 0.3) is 0 Å². The molecule has 1 heterocycles. The smallest absolute Gasteiger partial charge is 0.118 e. The molecule has 0 spiro atoms. The minimum atomic E-state index is 0.323. The summed E-state index contributed by atoms with van der Waals surface area (Å²) in [4.78, 5) is 2.48. The van der Waals surface area contributed by atoms with Crippen LogP contribution in [-0.4, -0.2) is 51.4 Å². The first-order valence-electron chi connectivity index (χ1n) is 6.89. The van der Waals surface area contributed by atoms with Crippen molar-refractivity contribution in [3.8, 4) is 5.75 Å². The topological polar surface area (TPSA) is 33.7 Å². The Bertz CT molecular complexity index is 374. The van der Waals surface area contributed by atoms with Crippen LogP contribution in [0.4, 0.5) is 0 Å². The van der Waals surface area contributed by atoms with E-state index in [9.17, 15) is 0 Å². The van der Waals surface area contributed by atoms with Crippen molar-refractivity contribution in [2.75, 3.05) is 40.5 Å². The first-order valence-corrected chi connectivity index (χ1v) is 6.89. The molecule has 0 radical (unpaired) electrons. The van der Waals surface area contributed by atoms with Gasteiger partial charge in [-0.3, -0.25) is 4.90 Å². The lowest BCUT2D eigenvalue weighted by molar-refractivity contribution is 0.0126. The van der Waals surface area contributed by atoms with Gasteiger partial charge in [0.2, 0.25) is 0 Å². The van der Waals surface area contributed by atoms with Gasteiger partial charge in [-0.2, -0.15) is 0 Å². The average molecular weight is 264 g/mol. The van der Waals surface area contributed by atoms with Crippen LogP contribution >= 0.6 is 0 Å². The molecule has 2 atom stereocenters. The summed E-state index contributed by atoms with van der Waals surface area (Å²) in [6.07, 6.45) is 0. The van der Waals surface area contributed by atoms with Crippen molar-refractivity contribution in [3.63, 3.8) is 0 Å². The van der Waals surface area contributed by atoms with Crippen LogP contribution in [0, 0.1) is 0 Å². The Labute approximate surface area is 115 Å². The van der Waals surface area contributed by atoms with Crippen LogP contribution in [0.15, 0.2) is 24.3 Å². The van der Waals surface area contributed by atoms with Gasteiger partial charge in [-0.05, 0) is 31.7 Å². The molecule has 1 aromatic carbocycles. The van der Waals surface area contributed by atoms with Crippen molar-refractivity contribution in [1.29, 1.82) is 0 Å². The van der Waals surface area contributed by atoms with Crippen LogP contribution in [0.2, 0.25) is 0 Å². The van der Waals surface area contributed by atoms with E-state index in [-0.39, 0.29) is 0 Å². The van der Waals surface area contributed by atoms with E-state index in [1.54, 1.807) is 7.11 Å². The second-order valence-corrected chi connectivity index (χ2v) is 4.93. The maximum atomic E-state index is 5.42. The second kappa shape index (κ2) is 6.89. The SMILES string of the molecule is CNC(c1ccc(OC)cc1)C(C)N1CCOCC1. The number of ether oxygens (including phenoxy) is 2. The molecule has 0 bridgehead atoms. The van der Waals surface area contributed by atoms with E-state index in [0.717, 1.165) is 32.1 Å². The number of nitrogens with zero attached hydrogens (tertiary/aromatic N) is 1. The average Bonchev–Trinajstić information content (AvgIpc) is 2.49. The fraction of sp³-hybridized carbons (Fsp3) is 0.600. The fourth-order valence-electron chi connectivity index (χ4n) is 2.69. The third-order valence-corrected chi connectivity index (χ3v) is 3.89. The van der Waals surface area contributed by atoms with Crippen molar-refractivity contribution in [3.05, 3.63) is 29.8 Å². The van der Waals surface area contributed by atoms with Crippen LogP contribution in [0.3, 0.4) is 0 Å². The maximum Gasteiger partial charge on any atom is 0.118 e. The molecule has 2 rings (SSSR count). The van der Waals surface area contributed by atoms with Gasteiger partial charge >= 0.3 is 0 Å². The number of hydrogen-bond acceptors (Lipinski definition) is 4. The van der Waals surface area contributed by atoms with Crippen molar-refractivity contribution >= 4 is 0 Å². The number of rotatable bonds is 5. The van der Waals surface area contributed by atoms with Crippen LogP contribution in [0.1, 0.15) is 18.5 Å². The minimum Gasteiger partial charge on any atom is -0.497 e. The molecule has 1 N–H and O–H groups in total. The molecule has 1 aliphatic rings. The van der Waals surface area contributed by atoms with Crippen molar-refractivity contribution < 1.29 is 9.47 Å². The number of morpholine rings is 1. The molecular weight excluding hydrogens is 240 g/mol. The van der Waals surface area contributed by atoms with Crippen LogP contribution in [0.5, 0.6) is 5.75 Å². The van der Waals surface area contributed by atoms with Gasteiger partial charge in [0.15, 0.2) is 0 Å². The first-order chi connectivity index (χ1) is 9.26. The van der Waals surface area contributed by atoms with Crippen LogP contribution in [0.25, 0.3) is 0 Å². The zero-order valence-electron chi connectivity index (χ0n) is 12.1. The quantitative estimate of drug-likeness (QED) is 0.877. The minimum absolute atomic E-state index is 0.323. The molecule has 1 saturated heterocycles. The highest BCUT2D eigenvalue weighted by Crippen LogP contribution is 2.23. The molecule has 19 heavy (non-hydrogen) atoms. The van der Waals surface area contributed by atoms with Gasteiger partial charge in [-0.15, -0.1) is 0 Å². The van der Waals surface area contributed by atoms with E-state index in [4.69, 9.17) is 9.47 Å². The normalized spacial score (nSPS) is 19.9. The van der Waals surface area contributed by atoms with Crippen molar-refractivity contribution in [1.82, 2.24) is 10.2 Å². The summed E-state index contributed by atoms with van der Waals surface area (Å²) in [5.41, 5.74) is 1.29. The highest BCUT2D eigenvalue weighted by atomic mass is 16.5. The fourth-order valence-corrected chi connectivity index (χ4v) is 2.69. The van der Waals surface area contributed by atoms with Gasteiger partial charge < -0.3 is 14.8 Å². The number of likely N-dealkylation sites (N-methyl/N-ethyl adjacent to an activating group) is 1. The third-order valence-electron chi connectivity index (χ3n) is 3.89. The Morgan fingerprint density at radius 2 is 1.84 bits per heavy atom. The van der Waals surface area contributed by atoms with Crippen LogP contribution in [-0.2, 0) is 4.74 Å². The number of hydrogen-bond donors (Lipinski definition) is 1. The largest absolute Gasteiger partial charge is 0.497 e. The predicted octanol–water partition coefficient (Wildman–Crippen LogP) is 1.68. The summed E-state index contributed by atoms with van der Waals surface area (Å²) in [5, 5.41) is 3.43. The summed E-state index contributed by atoms with van der Waals surface area (Å²) >= 11 is 0. The van der Waals surface area contributed by atoms with Gasteiger partial charge in [0.05, 0.1) is 20.3 Å². The Kier molecular flexibility index (Phi) is 5.19. The molecule has 2 unspecified atom stereocenters. The summed E-state index contributed by atoms with van der Waals surface area (Å²) in [5.74, 6) is 0.901. The van der Waals surface area contributed by atoms with Gasteiger partial charge in [0.1, 0.15) is 5.75 Å². The summed E-state index contributed by atoms with van der Waals surface area (Å²) in [6, 6.07) is 9.08. The predicted molar refractivity (Wildman–Crippen MR) is 76.6 cm³/mol. The Balaban J connectivity index is 2.08. The summed E-state index contributed by atoms with van der Waals surface area (Å²) in [6.45, 7) is 5.97. The van der Waals surface area contributed by atoms with E-state index in [0.29, 0.717) is 12.1 Å². The lowest BCUT2D eigenvalue weighted by atomic mass is 9.99. The lowest BCUT2D eigenvalue weighted by Crippen LogP contribution is -2.47. The van der Waals surface area contributed by atoms with E-state index in [1.165, 1.54) is 5.56 Å². The molecular formula is C15H24N2O2. The zero-order valence-corrected chi connectivity index (χ0v) is 12.1. The van der Waals surface area contributed by atoms with E-state index >= 15 is 0 Å². The van der Waals surface area contributed by atoms with E-state index in [2.05, 4.69) is 29.3 Å². The van der Waals surface area contributed by atoms with Gasteiger partial charge in [-0.1, -0.05) is 12.1 Å². The van der Waals surface area contributed by atoms with Gasteiger partial charge in [-0.25, -0.2) is 0 Å². The van der Waals surface area contributed by atoms with E-state index < -0.39 is 0 Å². The number of methoxy groups -OCH3 is 1.